The van der Waals surface area contributed by atoms with Crippen LogP contribution in [-0.4, -0.2) is 46.1 Å². The number of anilines is 1. The lowest BCUT2D eigenvalue weighted by atomic mass is 9.96. The lowest BCUT2D eigenvalue weighted by Gasteiger charge is -2.25. The highest BCUT2D eigenvalue weighted by Crippen LogP contribution is 2.25. The van der Waals surface area contributed by atoms with Crippen molar-refractivity contribution in [1.29, 1.82) is 0 Å². The highest BCUT2D eigenvalue weighted by Gasteiger charge is 2.39. The molecule has 1 aromatic carbocycles. The van der Waals surface area contributed by atoms with Crippen LogP contribution in [0.4, 0.5) is 5.69 Å². The average Bonchev–Trinajstić information content (AvgIpc) is 3.01. The molecule has 7 nitrogen and oxygen atoms in total. The van der Waals surface area contributed by atoms with E-state index in [0.717, 1.165) is 5.52 Å². The van der Waals surface area contributed by atoms with Crippen molar-refractivity contribution in [3.05, 3.63) is 23.9 Å². The average molecular weight is 290 g/mol. The zero-order valence-corrected chi connectivity index (χ0v) is 11.7. The predicted molar refractivity (Wildman–Crippen MR) is 77.8 cm³/mol. The Morgan fingerprint density at radius 3 is 3.19 bits per heavy atom. The third-order valence-corrected chi connectivity index (χ3v) is 4.02. The van der Waals surface area contributed by atoms with Gasteiger partial charge in [-0.25, -0.2) is 0 Å². The molecule has 2 unspecified atom stereocenters. The Kier molecular flexibility index (Phi) is 3.30. The van der Waals surface area contributed by atoms with E-state index in [4.69, 9.17) is 10.5 Å². The summed E-state index contributed by atoms with van der Waals surface area (Å²) in [6, 6.07) is 5.21. The molecule has 21 heavy (non-hydrogen) atoms. The molecule has 1 aromatic heterocycles. The van der Waals surface area contributed by atoms with Gasteiger partial charge in [-0.3, -0.25) is 9.89 Å². The van der Waals surface area contributed by atoms with Crippen LogP contribution in [0.2, 0.25) is 0 Å². The number of amides is 1. The number of aromatic amines is 1. The first-order chi connectivity index (χ1) is 9.99. The summed E-state index contributed by atoms with van der Waals surface area (Å²) < 4.78 is 5.34. The van der Waals surface area contributed by atoms with Gasteiger partial charge in [0.1, 0.15) is 5.60 Å². The number of carbonyl (C=O) groups is 1. The minimum Gasteiger partial charge on any atom is -0.399 e. The molecule has 2 aromatic rings. The molecule has 7 heteroatoms. The summed E-state index contributed by atoms with van der Waals surface area (Å²) in [5.74, 6) is -0.348. The molecule has 0 bridgehead atoms. The highest BCUT2D eigenvalue weighted by atomic mass is 16.5. The van der Waals surface area contributed by atoms with Gasteiger partial charge in [0.2, 0.25) is 0 Å². The Morgan fingerprint density at radius 1 is 1.67 bits per heavy atom. The summed E-state index contributed by atoms with van der Waals surface area (Å²) >= 11 is 0. The molecule has 112 valence electrons. The van der Waals surface area contributed by atoms with Crippen LogP contribution >= 0.6 is 0 Å². The predicted octanol–water partition coefficient (Wildman–Crippen LogP) is 0.415. The van der Waals surface area contributed by atoms with Crippen LogP contribution in [0.1, 0.15) is 23.8 Å². The van der Waals surface area contributed by atoms with Crippen LogP contribution in [0, 0.1) is 0 Å². The van der Waals surface area contributed by atoms with E-state index in [1.165, 1.54) is 0 Å². The summed E-state index contributed by atoms with van der Waals surface area (Å²) in [6.45, 7) is 2.42. The topological polar surface area (TPSA) is 113 Å². The van der Waals surface area contributed by atoms with Gasteiger partial charge in [-0.1, -0.05) is 0 Å². The van der Waals surface area contributed by atoms with Crippen molar-refractivity contribution in [3.63, 3.8) is 0 Å². The fraction of sp³-hybridized carbons (Fsp3) is 0.429. The van der Waals surface area contributed by atoms with Crippen LogP contribution in [0.5, 0.6) is 0 Å². The Bertz CT molecular complexity index is 684. The zero-order valence-electron chi connectivity index (χ0n) is 11.7. The normalized spacial score (nSPS) is 25.3. The summed E-state index contributed by atoms with van der Waals surface area (Å²) in [5.41, 5.74) is 6.28. The highest BCUT2D eigenvalue weighted by molar-refractivity contribution is 6.05. The lowest BCUT2D eigenvalue weighted by Crippen LogP contribution is -2.47. The van der Waals surface area contributed by atoms with Crippen molar-refractivity contribution >= 4 is 22.5 Å². The number of nitrogen functional groups attached to an aromatic ring is 1. The molecule has 1 aliphatic heterocycles. The van der Waals surface area contributed by atoms with Crippen molar-refractivity contribution in [2.24, 2.45) is 0 Å². The first-order valence-corrected chi connectivity index (χ1v) is 6.85. The standard InChI is InChI=1S/C14H18N4O3/c1-8-14(20,4-5-21-8)7-16-13(19)12-10-6-9(15)2-3-11(10)17-18-12/h2-3,6,8,20H,4-5,7,15H2,1H3,(H,16,19)(H,17,18). The SMILES string of the molecule is CC1OCCC1(O)CNC(=O)c1n[nH]c2ccc(N)cc12. The molecule has 1 amide bonds. The van der Waals surface area contributed by atoms with E-state index >= 15 is 0 Å². The van der Waals surface area contributed by atoms with Crippen LogP contribution in [0.15, 0.2) is 18.2 Å². The number of nitrogens with zero attached hydrogens (tertiary/aromatic N) is 1. The number of hydrogen-bond acceptors (Lipinski definition) is 5. The van der Waals surface area contributed by atoms with E-state index in [-0.39, 0.29) is 24.2 Å². The van der Waals surface area contributed by atoms with Crippen LogP contribution in [0.3, 0.4) is 0 Å². The second-order valence-electron chi connectivity index (χ2n) is 5.43. The summed E-state index contributed by atoms with van der Waals surface area (Å²) in [4.78, 5) is 12.3. The third kappa shape index (κ3) is 2.45. The van der Waals surface area contributed by atoms with Crippen molar-refractivity contribution in [2.75, 3.05) is 18.9 Å². The van der Waals surface area contributed by atoms with Crippen molar-refractivity contribution < 1.29 is 14.6 Å². The molecule has 1 fully saturated rings. The first kappa shape index (κ1) is 13.8. The number of fused-ring (bicyclic) bond motifs is 1. The van der Waals surface area contributed by atoms with Gasteiger partial charge in [-0.15, -0.1) is 0 Å². The van der Waals surface area contributed by atoms with Gasteiger partial charge in [0.15, 0.2) is 5.69 Å². The molecular formula is C14H18N4O3. The van der Waals surface area contributed by atoms with Gasteiger partial charge in [0.05, 0.1) is 11.6 Å². The van der Waals surface area contributed by atoms with E-state index in [9.17, 15) is 9.90 Å². The maximum absolute atomic E-state index is 12.3. The van der Waals surface area contributed by atoms with E-state index in [1.54, 1.807) is 25.1 Å². The molecule has 3 rings (SSSR count). The molecule has 5 N–H and O–H groups in total. The van der Waals surface area contributed by atoms with E-state index < -0.39 is 5.60 Å². The molecule has 0 radical (unpaired) electrons. The number of rotatable bonds is 3. The summed E-state index contributed by atoms with van der Waals surface area (Å²) in [7, 11) is 0. The van der Waals surface area contributed by atoms with Crippen LogP contribution < -0.4 is 11.1 Å². The van der Waals surface area contributed by atoms with Crippen molar-refractivity contribution in [3.8, 4) is 0 Å². The molecule has 0 saturated carbocycles. The maximum atomic E-state index is 12.3. The fourth-order valence-corrected chi connectivity index (χ4v) is 2.52. The van der Waals surface area contributed by atoms with Gasteiger partial charge >= 0.3 is 0 Å². The number of aliphatic hydroxyl groups is 1. The summed E-state index contributed by atoms with van der Waals surface area (Å²) in [6.07, 6.45) is 0.201. The maximum Gasteiger partial charge on any atom is 0.272 e. The van der Waals surface area contributed by atoms with Gasteiger partial charge in [-0.05, 0) is 25.1 Å². The molecule has 0 spiro atoms. The van der Waals surface area contributed by atoms with Crippen molar-refractivity contribution in [2.45, 2.75) is 25.0 Å². The number of aromatic nitrogens is 2. The molecule has 1 aliphatic rings. The van der Waals surface area contributed by atoms with Crippen molar-refractivity contribution in [1.82, 2.24) is 15.5 Å². The molecule has 1 saturated heterocycles. The first-order valence-electron chi connectivity index (χ1n) is 6.85. The van der Waals surface area contributed by atoms with Gasteiger partial charge in [0.25, 0.3) is 5.91 Å². The number of carbonyl (C=O) groups excluding carboxylic acids is 1. The monoisotopic (exact) mass is 290 g/mol. The Labute approximate surface area is 121 Å². The smallest absolute Gasteiger partial charge is 0.272 e. The number of ether oxygens (including phenoxy) is 1. The minimum atomic E-state index is -1.03. The molecular weight excluding hydrogens is 272 g/mol. The Balaban J connectivity index is 1.77. The van der Waals surface area contributed by atoms with Gasteiger partial charge in [0, 0.05) is 30.6 Å². The van der Waals surface area contributed by atoms with Gasteiger partial charge in [-0.2, -0.15) is 5.10 Å². The van der Waals surface area contributed by atoms with Gasteiger partial charge < -0.3 is 20.9 Å². The number of H-pyrrole nitrogens is 1. The largest absolute Gasteiger partial charge is 0.399 e. The molecule has 0 aliphatic carbocycles. The third-order valence-electron chi connectivity index (χ3n) is 4.02. The zero-order chi connectivity index (χ0) is 15.0. The van der Waals surface area contributed by atoms with Crippen LogP contribution in [-0.2, 0) is 4.74 Å². The number of nitrogens with two attached hydrogens (primary N) is 1. The Morgan fingerprint density at radius 2 is 2.48 bits per heavy atom. The second-order valence-corrected chi connectivity index (χ2v) is 5.43. The lowest BCUT2D eigenvalue weighted by molar-refractivity contribution is -0.0251. The minimum absolute atomic E-state index is 0.129. The number of nitrogens with one attached hydrogen (secondary N) is 2. The summed E-state index contributed by atoms with van der Waals surface area (Å²) in [5, 5.41) is 20.6. The Hall–Kier alpha value is -2.12. The number of hydrogen-bond donors (Lipinski definition) is 4. The molecule has 2 atom stereocenters. The number of benzene rings is 1. The van der Waals surface area contributed by atoms with E-state index in [1.807, 2.05) is 0 Å². The quantitative estimate of drug-likeness (QED) is 0.612. The molecule has 2 heterocycles. The fourth-order valence-electron chi connectivity index (χ4n) is 2.52. The van der Waals surface area contributed by atoms with E-state index in [2.05, 4.69) is 15.5 Å². The second kappa shape index (κ2) is 5.01. The van der Waals surface area contributed by atoms with E-state index in [0.29, 0.717) is 24.1 Å². The van der Waals surface area contributed by atoms with Crippen LogP contribution in [0.25, 0.3) is 10.9 Å².